The van der Waals surface area contributed by atoms with Crippen molar-refractivity contribution in [2.24, 2.45) is 0 Å². The molecule has 0 heterocycles. The summed E-state index contributed by atoms with van der Waals surface area (Å²) in [6.07, 6.45) is 2.20. The SMILES string of the molecule is CCCOc1ccc(C(=O)Nc2cccc(NC(=O)CCC)c2)cc1. The summed E-state index contributed by atoms with van der Waals surface area (Å²) in [5.41, 5.74) is 1.84. The van der Waals surface area contributed by atoms with Crippen LogP contribution in [0.2, 0.25) is 0 Å². The van der Waals surface area contributed by atoms with E-state index in [0.29, 0.717) is 30.0 Å². The highest BCUT2D eigenvalue weighted by atomic mass is 16.5. The molecule has 0 aliphatic carbocycles. The van der Waals surface area contributed by atoms with Crippen LogP contribution in [0.3, 0.4) is 0 Å². The van der Waals surface area contributed by atoms with E-state index < -0.39 is 0 Å². The third-order valence-corrected chi connectivity index (χ3v) is 3.47. The fourth-order valence-corrected chi connectivity index (χ4v) is 2.25. The maximum atomic E-state index is 12.3. The molecule has 0 bridgehead atoms. The van der Waals surface area contributed by atoms with Gasteiger partial charge in [-0.15, -0.1) is 0 Å². The van der Waals surface area contributed by atoms with Gasteiger partial charge in [-0.1, -0.05) is 19.9 Å². The molecule has 132 valence electrons. The zero-order chi connectivity index (χ0) is 18.1. The maximum absolute atomic E-state index is 12.3. The van der Waals surface area contributed by atoms with Crippen LogP contribution < -0.4 is 15.4 Å². The molecule has 0 aromatic heterocycles. The Bertz CT molecular complexity index is 711. The summed E-state index contributed by atoms with van der Waals surface area (Å²) >= 11 is 0. The summed E-state index contributed by atoms with van der Waals surface area (Å²) in [6.45, 7) is 4.65. The van der Waals surface area contributed by atoms with E-state index in [9.17, 15) is 9.59 Å². The molecule has 0 unspecified atom stereocenters. The van der Waals surface area contributed by atoms with Crippen molar-refractivity contribution >= 4 is 23.2 Å². The number of hydrogen-bond acceptors (Lipinski definition) is 3. The zero-order valence-corrected chi connectivity index (χ0v) is 14.7. The Kier molecular flexibility index (Phi) is 7.01. The quantitative estimate of drug-likeness (QED) is 0.745. The number of carbonyl (C=O) groups excluding carboxylic acids is 2. The summed E-state index contributed by atoms with van der Waals surface area (Å²) in [6, 6.07) is 14.1. The van der Waals surface area contributed by atoms with E-state index in [1.807, 2.05) is 13.8 Å². The van der Waals surface area contributed by atoms with Crippen molar-refractivity contribution in [1.82, 2.24) is 0 Å². The molecule has 25 heavy (non-hydrogen) atoms. The Morgan fingerprint density at radius 1 is 0.920 bits per heavy atom. The lowest BCUT2D eigenvalue weighted by atomic mass is 10.2. The first kappa shape index (κ1) is 18.5. The van der Waals surface area contributed by atoms with Crippen molar-refractivity contribution in [2.75, 3.05) is 17.2 Å². The van der Waals surface area contributed by atoms with Crippen LogP contribution in [-0.2, 0) is 4.79 Å². The van der Waals surface area contributed by atoms with Crippen LogP contribution in [0, 0.1) is 0 Å². The summed E-state index contributed by atoms with van der Waals surface area (Å²) in [5.74, 6) is 0.506. The van der Waals surface area contributed by atoms with Gasteiger partial charge in [0.1, 0.15) is 5.75 Å². The predicted molar refractivity (Wildman–Crippen MR) is 100 cm³/mol. The van der Waals surface area contributed by atoms with Gasteiger partial charge in [0.15, 0.2) is 0 Å². The van der Waals surface area contributed by atoms with Crippen LogP contribution >= 0.6 is 0 Å². The lowest BCUT2D eigenvalue weighted by molar-refractivity contribution is -0.116. The van der Waals surface area contributed by atoms with Crippen LogP contribution in [0.1, 0.15) is 43.5 Å². The minimum absolute atomic E-state index is 0.0337. The molecule has 0 fully saturated rings. The number of amides is 2. The van der Waals surface area contributed by atoms with Gasteiger partial charge in [-0.25, -0.2) is 0 Å². The topological polar surface area (TPSA) is 67.4 Å². The third kappa shape index (κ3) is 5.95. The fraction of sp³-hybridized carbons (Fsp3) is 0.300. The first-order chi connectivity index (χ1) is 12.1. The predicted octanol–water partition coefficient (Wildman–Crippen LogP) is 4.47. The minimum atomic E-state index is -0.209. The van der Waals surface area contributed by atoms with Gasteiger partial charge in [0.2, 0.25) is 5.91 Å². The summed E-state index contributed by atoms with van der Waals surface area (Å²) in [7, 11) is 0. The average Bonchev–Trinajstić information content (AvgIpc) is 2.61. The Morgan fingerprint density at radius 2 is 1.60 bits per heavy atom. The van der Waals surface area contributed by atoms with Crippen molar-refractivity contribution in [2.45, 2.75) is 33.1 Å². The number of ether oxygens (including phenoxy) is 1. The molecule has 0 spiro atoms. The van der Waals surface area contributed by atoms with Crippen LogP contribution in [0.25, 0.3) is 0 Å². The van der Waals surface area contributed by atoms with Gasteiger partial charge in [0.05, 0.1) is 6.61 Å². The first-order valence-corrected chi connectivity index (χ1v) is 8.56. The standard InChI is InChI=1S/C20H24N2O3/c1-3-6-19(23)21-16-7-5-8-17(14-16)22-20(24)15-9-11-18(12-10-15)25-13-4-2/h5,7-12,14H,3-4,6,13H2,1-2H3,(H,21,23)(H,22,24). The van der Waals surface area contributed by atoms with Gasteiger partial charge >= 0.3 is 0 Å². The highest BCUT2D eigenvalue weighted by Crippen LogP contribution is 2.18. The number of nitrogens with one attached hydrogen (secondary N) is 2. The van der Waals surface area contributed by atoms with E-state index in [4.69, 9.17) is 4.74 Å². The van der Waals surface area contributed by atoms with Crippen molar-refractivity contribution in [1.29, 1.82) is 0 Å². The Balaban J connectivity index is 1.99. The minimum Gasteiger partial charge on any atom is -0.494 e. The van der Waals surface area contributed by atoms with Gasteiger partial charge in [0.25, 0.3) is 5.91 Å². The summed E-state index contributed by atoms with van der Waals surface area (Å²) in [4.78, 5) is 24.0. The van der Waals surface area contributed by atoms with Gasteiger partial charge in [0, 0.05) is 23.4 Å². The molecule has 0 atom stereocenters. The molecule has 5 nitrogen and oxygen atoms in total. The Morgan fingerprint density at radius 3 is 2.24 bits per heavy atom. The number of anilines is 2. The van der Waals surface area contributed by atoms with Gasteiger partial charge in [-0.3, -0.25) is 9.59 Å². The van der Waals surface area contributed by atoms with Crippen molar-refractivity contribution in [3.05, 3.63) is 54.1 Å². The van der Waals surface area contributed by atoms with E-state index in [1.165, 1.54) is 0 Å². The van der Waals surface area contributed by atoms with Gasteiger partial charge in [-0.05, 0) is 55.3 Å². The summed E-state index contributed by atoms with van der Waals surface area (Å²) < 4.78 is 5.51. The van der Waals surface area contributed by atoms with E-state index in [2.05, 4.69) is 10.6 Å². The molecule has 0 aliphatic rings. The molecule has 2 N–H and O–H groups in total. The van der Waals surface area contributed by atoms with Crippen LogP contribution in [-0.4, -0.2) is 18.4 Å². The van der Waals surface area contributed by atoms with Crippen molar-refractivity contribution in [3.8, 4) is 5.75 Å². The lowest BCUT2D eigenvalue weighted by Gasteiger charge is -2.09. The third-order valence-electron chi connectivity index (χ3n) is 3.47. The average molecular weight is 340 g/mol. The smallest absolute Gasteiger partial charge is 0.255 e. The molecule has 2 rings (SSSR count). The van der Waals surface area contributed by atoms with E-state index >= 15 is 0 Å². The molecule has 0 saturated heterocycles. The highest BCUT2D eigenvalue weighted by molar-refractivity contribution is 6.04. The van der Waals surface area contributed by atoms with Crippen LogP contribution in [0.5, 0.6) is 5.75 Å². The molecule has 0 radical (unpaired) electrons. The number of carbonyl (C=O) groups is 2. The fourth-order valence-electron chi connectivity index (χ4n) is 2.25. The lowest BCUT2D eigenvalue weighted by Crippen LogP contribution is -2.13. The maximum Gasteiger partial charge on any atom is 0.255 e. The van der Waals surface area contributed by atoms with Crippen LogP contribution in [0.15, 0.2) is 48.5 Å². The van der Waals surface area contributed by atoms with E-state index in [1.54, 1.807) is 48.5 Å². The second-order valence-electron chi connectivity index (χ2n) is 5.71. The molecular weight excluding hydrogens is 316 g/mol. The highest BCUT2D eigenvalue weighted by Gasteiger charge is 2.07. The first-order valence-electron chi connectivity index (χ1n) is 8.56. The normalized spacial score (nSPS) is 10.2. The molecule has 0 aliphatic heterocycles. The molecule has 2 aromatic carbocycles. The molecule has 0 saturated carbocycles. The van der Waals surface area contributed by atoms with Gasteiger partial charge in [-0.2, -0.15) is 0 Å². The molecule has 5 heteroatoms. The van der Waals surface area contributed by atoms with Gasteiger partial charge < -0.3 is 15.4 Å². The number of benzene rings is 2. The summed E-state index contributed by atoms with van der Waals surface area (Å²) in [5, 5.41) is 5.65. The van der Waals surface area contributed by atoms with Crippen molar-refractivity contribution in [3.63, 3.8) is 0 Å². The number of hydrogen-bond donors (Lipinski definition) is 2. The van der Waals surface area contributed by atoms with E-state index in [0.717, 1.165) is 18.6 Å². The van der Waals surface area contributed by atoms with E-state index in [-0.39, 0.29) is 11.8 Å². The number of rotatable bonds is 8. The largest absolute Gasteiger partial charge is 0.494 e. The Labute approximate surface area is 148 Å². The molecule has 2 aromatic rings. The monoisotopic (exact) mass is 340 g/mol. The second-order valence-corrected chi connectivity index (χ2v) is 5.71. The van der Waals surface area contributed by atoms with Crippen LogP contribution in [0.4, 0.5) is 11.4 Å². The molecular formula is C20H24N2O3. The molecule has 2 amide bonds. The second kappa shape index (κ2) is 9.47. The van der Waals surface area contributed by atoms with Crippen molar-refractivity contribution < 1.29 is 14.3 Å². The Hall–Kier alpha value is -2.82. The zero-order valence-electron chi connectivity index (χ0n) is 14.7.